The molecule has 0 N–H and O–H groups in total. The van der Waals surface area contributed by atoms with Gasteiger partial charge in [-0.15, -0.1) is 0 Å². The molecule has 1 aliphatic heterocycles. The summed E-state index contributed by atoms with van der Waals surface area (Å²) in [7, 11) is 4.37. The fraction of sp³-hybridized carbons (Fsp3) is 0.895. The zero-order chi connectivity index (χ0) is 15.0. The van der Waals surface area contributed by atoms with Crippen LogP contribution in [-0.4, -0.2) is 37.7 Å². The van der Waals surface area contributed by atoms with E-state index in [-0.39, 0.29) is 5.41 Å². The Kier molecular flexibility index (Phi) is 4.47. The van der Waals surface area contributed by atoms with Gasteiger partial charge in [-0.25, -0.2) is 0 Å². The third-order valence-electron chi connectivity index (χ3n) is 5.84. The minimum absolute atomic E-state index is 0.229. The first-order valence-corrected chi connectivity index (χ1v) is 8.99. The van der Waals surface area contributed by atoms with Gasteiger partial charge in [0, 0.05) is 23.8 Å². The number of allylic oxidation sites excluding steroid dienone is 1. The second-order valence-corrected chi connectivity index (χ2v) is 8.45. The number of ether oxygens (including phenoxy) is 1. The maximum absolute atomic E-state index is 6.76. The van der Waals surface area contributed by atoms with Crippen LogP contribution >= 0.6 is 0 Å². The molecule has 0 aromatic carbocycles. The Hall–Kier alpha value is -0.340. The highest BCUT2D eigenvalue weighted by atomic mass is 16.5. The topological polar surface area (TPSA) is 12.5 Å². The summed E-state index contributed by atoms with van der Waals surface area (Å²) in [5.74, 6) is 1.43. The molecule has 2 fully saturated rings. The zero-order valence-corrected chi connectivity index (χ0v) is 14.4. The first kappa shape index (κ1) is 15.6. The molecule has 2 aliphatic carbocycles. The summed E-state index contributed by atoms with van der Waals surface area (Å²) in [5.41, 5.74) is 2.02. The van der Waals surface area contributed by atoms with Gasteiger partial charge in [0.25, 0.3) is 0 Å². The van der Waals surface area contributed by atoms with Crippen LogP contribution in [0.15, 0.2) is 11.6 Å². The Balaban J connectivity index is 1.87. The molecule has 3 aliphatic rings. The van der Waals surface area contributed by atoms with Crippen molar-refractivity contribution >= 4 is 0 Å². The van der Waals surface area contributed by atoms with Gasteiger partial charge in [-0.05, 0) is 46.2 Å². The number of fused-ring (bicyclic) bond motifs is 3. The van der Waals surface area contributed by atoms with Crippen molar-refractivity contribution in [3.8, 4) is 0 Å². The predicted molar refractivity (Wildman–Crippen MR) is 88.4 cm³/mol. The van der Waals surface area contributed by atoms with E-state index in [9.17, 15) is 0 Å². The molecule has 2 nitrogen and oxygen atoms in total. The van der Waals surface area contributed by atoms with E-state index in [1.807, 2.05) is 0 Å². The molecule has 1 heterocycles. The SMILES string of the molecule is CN(C)CC(C)(C)[C@@H]1O[C@@H]2CCCC[C@H]2C2=CCCC[C@H]21. The minimum atomic E-state index is 0.229. The second-order valence-electron chi connectivity index (χ2n) is 8.45. The van der Waals surface area contributed by atoms with Crippen LogP contribution in [0.1, 0.15) is 58.8 Å². The fourth-order valence-electron chi connectivity index (χ4n) is 5.24. The lowest BCUT2D eigenvalue weighted by Crippen LogP contribution is -2.53. The molecule has 1 saturated carbocycles. The number of rotatable bonds is 3. The van der Waals surface area contributed by atoms with Crippen LogP contribution in [0.25, 0.3) is 0 Å². The van der Waals surface area contributed by atoms with Crippen LogP contribution in [-0.2, 0) is 4.74 Å². The van der Waals surface area contributed by atoms with Crippen LogP contribution in [0.5, 0.6) is 0 Å². The first-order chi connectivity index (χ1) is 9.99. The Bertz CT molecular complexity index is 398. The number of hydrogen-bond acceptors (Lipinski definition) is 2. The van der Waals surface area contributed by atoms with E-state index >= 15 is 0 Å². The molecule has 2 heteroatoms. The maximum Gasteiger partial charge on any atom is 0.0707 e. The highest BCUT2D eigenvalue weighted by Gasteiger charge is 2.48. The monoisotopic (exact) mass is 291 g/mol. The average molecular weight is 291 g/mol. The minimum Gasteiger partial charge on any atom is -0.373 e. The molecular formula is C19H33NO. The predicted octanol–water partition coefficient (Wildman–Crippen LogP) is 4.26. The van der Waals surface area contributed by atoms with Crippen LogP contribution in [0, 0.1) is 17.3 Å². The average Bonchev–Trinajstić information content (AvgIpc) is 2.45. The fourth-order valence-corrected chi connectivity index (χ4v) is 5.24. The molecule has 0 amide bonds. The summed E-state index contributed by atoms with van der Waals surface area (Å²) >= 11 is 0. The van der Waals surface area contributed by atoms with Gasteiger partial charge in [-0.1, -0.05) is 38.3 Å². The Labute approximate surface area is 130 Å². The number of hydrogen-bond donors (Lipinski definition) is 0. The smallest absolute Gasteiger partial charge is 0.0707 e. The van der Waals surface area contributed by atoms with E-state index in [2.05, 4.69) is 38.9 Å². The Morgan fingerprint density at radius 3 is 2.57 bits per heavy atom. The second kappa shape index (κ2) is 6.04. The van der Waals surface area contributed by atoms with Crippen molar-refractivity contribution in [3.63, 3.8) is 0 Å². The van der Waals surface area contributed by atoms with Gasteiger partial charge in [0.15, 0.2) is 0 Å². The summed E-state index contributed by atoms with van der Waals surface area (Å²) in [5, 5.41) is 0. The van der Waals surface area contributed by atoms with Crippen molar-refractivity contribution in [3.05, 3.63) is 11.6 Å². The van der Waals surface area contributed by atoms with Crippen molar-refractivity contribution in [2.45, 2.75) is 71.0 Å². The Morgan fingerprint density at radius 1 is 1.10 bits per heavy atom. The lowest BCUT2D eigenvalue weighted by molar-refractivity contribution is -0.151. The molecule has 120 valence electrons. The van der Waals surface area contributed by atoms with Crippen molar-refractivity contribution in [1.29, 1.82) is 0 Å². The molecule has 0 aromatic rings. The lowest BCUT2D eigenvalue weighted by atomic mass is 9.64. The molecule has 1 saturated heterocycles. The summed E-state index contributed by atoms with van der Waals surface area (Å²) < 4.78 is 6.76. The van der Waals surface area contributed by atoms with E-state index in [0.717, 1.165) is 12.5 Å². The van der Waals surface area contributed by atoms with Crippen molar-refractivity contribution < 1.29 is 4.74 Å². The van der Waals surface area contributed by atoms with Crippen molar-refractivity contribution in [2.75, 3.05) is 20.6 Å². The molecule has 21 heavy (non-hydrogen) atoms. The van der Waals surface area contributed by atoms with Crippen LogP contribution in [0.2, 0.25) is 0 Å². The van der Waals surface area contributed by atoms with Gasteiger partial charge in [-0.2, -0.15) is 0 Å². The van der Waals surface area contributed by atoms with Gasteiger partial charge in [0.1, 0.15) is 0 Å². The summed E-state index contributed by atoms with van der Waals surface area (Å²) in [6.07, 6.45) is 12.9. The Morgan fingerprint density at radius 2 is 1.81 bits per heavy atom. The lowest BCUT2D eigenvalue weighted by Gasteiger charge is -2.52. The van der Waals surface area contributed by atoms with Gasteiger partial charge in [0.2, 0.25) is 0 Å². The highest BCUT2D eigenvalue weighted by Crippen LogP contribution is 2.50. The van der Waals surface area contributed by atoms with E-state index in [0.29, 0.717) is 18.1 Å². The normalized spacial score (nSPS) is 36.9. The summed E-state index contributed by atoms with van der Waals surface area (Å²) in [6.45, 7) is 5.93. The van der Waals surface area contributed by atoms with E-state index in [1.54, 1.807) is 5.57 Å². The van der Waals surface area contributed by atoms with E-state index in [1.165, 1.54) is 44.9 Å². The molecule has 3 rings (SSSR count). The molecule has 0 aromatic heterocycles. The van der Waals surface area contributed by atoms with Gasteiger partial charge in [-0.3, -0.25) is 0 Å². The molecule has 0 radical (unpaired) electrons. The molecule has 4 atom stereocenters. The summed E-state index contributed by atoms with van der Waals surface area (Å²) in [4.78, 5) is 2.32. The van der Waals surface area contributed by atoms with E-state index in [4.69, 9.17) is 4.74 Å². The zero-order valence-electron chi connectivity index (χ0n) is 14.4. The van der Waals surface area contributed by atoms with E-state index < -0.39 is 0 Å². The van der Waals surface area contributed by atoms with Crippen LogP contribution in [0.4, 0.5) is 0 Å². The first-order valence-electron chi connectivity index (χ1n) is 8.99. The standard InChI is InChI=1S/C19H33NO/c1-19(2,13-20(3)4)18-16-11-6-5-9-14(16)15-10-7-8-12-17(15)21-18/h9,15-18H,5-8,10-13H2,1-4H3/t15-,16+,17+,18+/m0/s1. The van der Waals surface area contributed by atoms with Crippen molar-refractivity contribution in [1.82, 2.24) is 4.90 Å². The van der Waals surface area contributed by atoms with Crippen LogP contribution in [0.3, 0.4) is 0 Å². The van der Waals surface area contributed by atoms with Crippen molar-refractivity contribution in [2.24, 2.45) is 17.3 Å². The van der Waals surface area contributed by atoms with Gasteiger partial charge >= 0.3 is 0 Å². The highest BCUT2D eigenvalue weighted by molar-refractivity contribution is 5.21. The third-order valence-corrected chi connectivity index (χ3v) is 5.84. The van der Waals surface area contributed by atoms with Crippen LogP contribution < -0.4 is 0 Å². The van der Waals surface area contributed by atoms with Gasteiger partial charge < -0.3 is 9.64 Å². The quantitative estimate of drug-likeness (QED) is 0.720. The molecular weight excluding hydrogens is 258 g/mol. The molecule has 0 bridgehead atoms. The molecule has 0 spiro atoms. The number of nitrogens with zero attached hydrogens (tertiary/aromatic N) is 1. The largest absolute Gasteiger partial charge is 0.373 e. The maximum atomic E-state index is 6.76. The summed E-state index contributed by atoms with van der Waals surface area (Å²) in [6, 6.07) is 0. The molecule has 0 unspecified atom stereocenters. The third kappa shape index (κ3) is 3.07. The van der Waals surface area contributed by atoms with Gasteiger partial charge in [0.05, 0.1) is 12.2 Å².